The molecule has 2 aromatic rings. The van der Waals surface area contributed by atoms with E-state index in [1.165, 1.54) is 0 Å². The zero-order valence-electron chi connectivity index (χ0n) is 9.47. The number of benzene rings is 1. The Bertz CT molecular complexity index is 510. The summed E-state index contributed by atoms with van der Waals surface area (Å²) in [4.78, 5) is 14.6. The first-order valence-electron chi connectivity index (χ1n) is 5.22. The van der Waals surface area contributed by atoms with Crippen molar-refractivity contribution in [3.05, 3.63) is 36.0 Å². The zero-order valence-corrected chi connectivity index (χ0v) is 10.3. The summed E-state index contributed by atoms with van der Waals surface area (Å²) in [7, 11) is 0. The lowest BCUT2D eigenvalue weighted by Gasteiger charge is -2.09. The number of hydrogen-bond donors (Lipinski definition) is 2. The number of fused-ring (bicyclic) bond motifs is 1. The van der Waals surface area contributed by atoms with Gasteiger partial charge in [-0.05, 0) is 13.0 Å². The van der Waals surface area contributed by atoms with Crippen LogP contribution in [0.25, 0.3) is 10.9 Å². The van der Waals surface area contributed by atoms with Gasteiger partial charge in [0.25, 0.3) is 0 Å². The minimum Gasteiger partial charge on any atom is -0.465 e. The fourth-order valence-corrected chi connectivity index (χ4v) is 1.71. The Morgan fingerprint density at radius 3 is 2.88 bits per heavy atom. The fourth-order valence-electron chi connectivity index (χ4n) is 1.71. The van der Waals surface area contributed by atoms with Gasteiger partial charge < -0.3 is 15.5 Å². The van der Waals surface area contributed by atoms with E-state index in [0.717, 1.165) is 16.5 Å². The van der Waals surface area contributed by atoms with Gasteiger partial charge in [0.1, 0.15) is 6.04 Å². The second-order valence-corrected chi connectivity index (χ2v) is 3.52. The summed E-state index contributed by atoms with van der Waals surface area (Å²) in [6.45, 7) is 2.11. The van der Waals surface area contributed by atoms with Gasteiger partial charge in [0.15, 0.2) is 0 Å². The van der Waals surface area contributed by atoms with Crippen LogP contribution in [0, 0.1) is 0 Å². The standard InChI is InChI=1S/C12H14N2O2.ClH/c1-2-16-12(15)11(13)9-7-14-10-6-4-3-5-8(9)10;/h3-7,11,14H,2,13H2,1H3;1H/t11-;/m0./s1. The molecule has 0 amide bonds. The van der Waals surface area contributed by atoms with Crippen molar-refractivity contribution in [2.75, 3.05) is 6.61 Å². The van der Waals surface area contributed by atoms with E-state index in [1.54, 1.807) is 13.1 Å². The molecule has 1 atom stereocenters. The molecule has 17 heavy (non-hydrogen) atoms. The van der Waals surface area contributed by atoms with Gasteiger partial charge in [-0.2, -0.15) is 0 Å². The molecule has 0 bridgehead atoms. The molecule has 0 aliphatic carbocycles. The number of carbonyl (C=O) groups is 1. The van der Waals surface area contributed by atoms with E-state index in [4.69, 9.17) is 10.5 Å². The molecule has 1 aromatic carbocycles. The molecule has 0 saturated heterocycles. The van der Waals surface area contributed by atoms with Crippen LogP contribution in [0.3, 0.4) is 0 Å². The van der Waals surface area contributed by atoms with Crippen molar-refractivity contribution in [1.29, 1.82) is 0 Å². The maximum absolute atomic E-state index is 11.5. The summed E-state index contributed by atoms with van der Waals surface area (Å²) in [6, 6.07) is 6.99. The van der Waals surface area contributed by atoms with Gasteiger partial charge in [0.2, 0.25) is 0 Å². The normalized spacial score (nSPS) is 11.9. The Morgan fingerprint density at radius 2 is 2.18 bits per heavy atom. The van der Waals surface area contributed by atoms with Crippen molar-refractivity contribution >= 4 is 29.3 Å². The Kier molecular flexibility index (Phi) is 4.54. The van der Waals surface area contributed by atoms with Crippen LogP contribution in [0.1, 0.15) is 18.5 Å². The summed E-state index contributed by atoms with van der Waals surface area (Å²) < 4.78 is 4.90. The number of aromatic nitrogens is 1. The third kappa shape index (κ3) is 2.60. The quantitative estimate of drug-likeness (QED) is 0.825. The molecule has 2 rings (SSSR count). The summed E-state index contributed by atoms with van der Waals surface area (Å²) in [5, 5.41) is 0.961. The van der Waals surface area contributed by atoms with E-state index in [0.29, 0.717) is 6.61 Å². The number of nitrogens with two attached hydrogens (primary N) is 1. The Morgan fingerprint density at radius 1 is 1.47 bits per heavy atom. The molecule has 0 spiro atoms. The lowest BCUT2D eigenvalue weighted by molar-refractivity contribution is -0.144. The fraction of sp³-hybridized carbons (Fsp3) is 0.250. The van der Waals surface area contributed by atoms with Crippen molar-refractivity contribution in [2.24, 2.45) is 5.73 Å². The number of ether oxygens (including phenoxy) is 1. The van der Waals surface area contributed by atoms with Crippen molar-refractivity contribution in [1.82, 2.24) is 4.98 Å². The van der Waals surface area contributed by atoms with Crippen molar-refractivity contribution < 1.29 is 9.53 Å². The van der Waals surface area contributed by atoms with Crippen LogP contribution in [0.5, 0.6) is 0 Å². The molecular weight excluding hydrogens is 240 g/mol. The molecule has 0 unspecified atom stereocenters. The van der Waals surface area contributed by atoms with Gasteiger partial charge in [-0.1, -0.05) is 18.2 Å². The van der Waals surface area contributed by atoms with Crippen LogP contribution in [-0.2, 0) is 9.53 Å². The van der Waals surface area contributed by atoms with E-state index < -0.39 is 12.0 Å². The first-order valence-corrected chi connectivity index (χ1v) is 5.22. The molecule has 0 aliphatic heterocycles. The van der Waals surface area contributed by atoms with Gasteiger partial charge in [-0.3, -0.25) is 0 Å². The van der Waals surface area contributed by atoms with Crippen molar-refractivity contribution in [2.45, 2.75) is 13.0 Å². The summed E-state index contributed by atoms with van der Waals surface area (Å²) in [6.07, 6.45) is 1.76. The summed E-state index contributed by atoms with van der Waals surface area (Å²) in [5.74, 6) is -0.396. The van der Waals surface area contributed by atoms with E-state index in [1.807, 2.05) is 24.3 Å². The van der Waals surface area contributed by atoms with Gasteiger partial charge in [-0.25, -0.2) is 4.79 Å². The monoisotopic (exact) mass is 254 g/mol. The Labute approximate surface area is 106 Å². The average Bonchev–Trinajstić information content (AvgIpc) is 2.72. The Balaban J connectivity index is 0.00000144. The number of H-pyrrole nitrogens is 1. The summed E-state index contributed by atoms with van der Waals surface area (Å²) >= 11 is 0. The first-order chi connectivity index (χ1) is 7.74. The highest BCUT2D eigenvalue weighted by atomic mass is 35.5. The molecule has 0 fully saturated rings. The van der Waals surface area contributed by atoms with Crippen molar-refractivity contribution in [3.63, 3.8) is 0 Å². The maximum Gasteiger partial charge on any atom is 0.327 e. The number of esters is 1. The predicted octanol–water partition coefficient (Wildman–Crippen LogP) is 2.15. The Hall–Kier alpha value is -1.52. The number of hydrogen-bond acceptors (Lipinski definition) is 3. The highest BCUT2D eigenvalue weighted by Gasteiger charge is 2.19. The molecule has 0 aliphatic rings. The first kappa shape index (κ1) is 13.5. The third-order valence-electron chi connectivity index (χ3n) is 2.50. The van der Waals surface area contributed by atoms with E-state index >= 15 is 0 Å². The molecule has 3 N–H and O–H groups in total. The molecule has 92 valence electrons. The van der Waals surface area contributed by atoms with Crippen LogP contribution in [-0.4, -0.2) is 17.6 Å². The lowest BCUT2D eigenvalue weighted by atomic mass is 10.1. The molecule has 4 nitrogen and oxygen atoms in total. The van der Waals surface area contributed by atoms with Gasteiger partial charge in [0.05, 0.1) is 6.61 Å². The van der Waals surface area contributed by atoms with Crippen LogP contribution in [0.4, 0.5) is 0 Å². The summed E-state index contributed by atoms with van der Waals surface area (Å²) in [5.41, 5.74) is 7.58. The number of para-hydroxylation sites is 1. The van der Waals surface area contributed by atoms with Crippen LogP contribution in [0.15, 0.2) is 30.5 Å². The van der Waals surface area contributed by atoms with Crippen LogP contribution < -0.4 is 5.73 Å². The minimum atomic E-state index is -0.726. The topological polar surface area (TPSA) is 68.1 Å². The van der Waals surface area contributed by atoms with Gasteiger partial charge in [-0.15, -0.1) is 12.4 Å². The molecular formula is C12H15ClN2O2. The van der Waals surface area contributed by atoms with E-state index in [9.17, 15) is 4.79 Å². The number of aromatic amines is 1. The van der Waals surface area contributed by atoms with E-state index in [2.05, 4.69) is 4.98 Å². The molecule has 0 saturated carbocycles. The second kappa shape index (κ2) is 5.70. The zero-order chi connectivity index (χ0) is 11.5. The molecule has 1 aromatic heterocycles. The van der Waals surface area contributed by atoms with Gasteiger partial charge in [0, 0.05) is 22.7 Å². The third-order valence-corrected chi connectivity index (χ3v) is 2.50. The number of nitrogens with one attached hydrogen (secondary N) is 1. The van der Waals surface area contributed by atoms with Gasteiger partial charge >= 0.3 is 5.97 Å². The van der Waals surface area contributed by atoms with E-state index in [-0.39, 0.29) is 12.4 Å². The van der Waals surface area contributed by atoms with Crippen LogP contribution >= 0.6 is 12.4 Å². The predicted molar refractivity (Wildman–Crippen MR) is 69.1 cm³/mol. The maximum atomic E-state index is 11.5. The smallest absolute Gasteiger partial charge is 0.327 e. The average molecular weight is 255 g/mol. The van der Waals surface area contributed by atoms with Crippen LogP contribution in [0.2, 0.25) is 0 Å². The number of rotatable bonds is 3. The SMILES string of the molecule is CCOC(=O)[C@@H](N)c1c[nH]c2ccccc12.Cl. The highest BCUT2D eigenvalue weighted by molar-refractivity contribution is 5.89. The van der Waals surface area contributed by atoms with Crippen molar-refractivity contribution in [3.8, 4) is 0 Å². The highest BCUT2D eigenvalue weighted by Crippen LogP contribution is 2.23. The largest absolute Gasteiger partial charge is 0.465 e. The number of carbonyl (C=O) groups excluding carboxylic acids is 1. The minimum absolute atomic E-state index is 0. The molecule has 0 radical (unpaired) electrons. The molecule has 5 heteroatoms. The number of halogens is 1. The lowest BCUT2D eigenvalue weighted by Crippen LogP contribution is -2.23. The molecule has 1 heterocycles. The second-order valence-electron chi connectivity index (χ2n) is 3.52.